The van der Waals surface area contributed by atoms with Crippen LogP contribution in [0, 0.1) is 6.92 Å². The molecule has 10 heavy (non-hydrogen) atoms. The predicted molar refractivity (Wildman–Crippen MR) is 40.7 cm³/mol. The van der Waals surface area contributed by atoms with E-state index in [1.807, 2.05) is 12.3 Å². The molecular formula is C6H10N2OS. The number of aromatic nitrogens is 1. The smallest absolute Gasteiger partial charge is 0.109 e. The van der Waals surface area contributed by atoms with Crippen molar-refractivity contribution in [3.05, 3.63) is 16.1 Å². The summed E-state index contributed by atoms with van der Waals surface area (Å²) in [6.07, 6.45) is 0. The maximum atomic E-state index is 4.67. The summed E-state index contributed by atoms with van der Waals surface area (Å²) in [7, 11) is 1.60. The molecule has 0 aromatic carbocycles. The van der Waals surface area contributed by atoms with Crippen molar-refractivity contribution in [2.24, 2.45) is 0 Å². The molecule has 0 saturated heterocycles. The molecule has 1 N–H and O–H groups in total. The van der Waals surface area contributed by atoms with E-state index < -0.39 is 0 Å². The fourth-order valence-electron chi connectivity index (χ4n) is 0.618. The van der Waals surface area contributed by atoms with Crippen LogP contribution in [0.15, 0.2) is 5.38 Å². The van der Waals surface area contributed by atoms with Gasteiger partial charge >= 0.3 is 0 Å². The first-order valence-electron chi connectivity index (χ1n) is 3.00. The van der Waals surface area contributed by atoms with Crippen molar-refractivity contribution < 1.29 is 4.84 Å². The van der Waals surface area contributed by atoms with Gasteiger partial charge in [-0.1, -0.05) is 0 Å². The molecule has 0 radical (unpaired) electrons. The van der Waals surface area contributed by atoms with Gasteiger partial charge in [0.05, 0.1) is 13.7 Å². The second kappa shape index (κ2) is 3.65. The highest BCUT2D eigenvalue weighted by Gasteiger charge is 1.95. The second-order valence-electron chi connectivity index (χ2n) is 1.91. The van der Waals surface area contributed by atoms with Gasteiger partial charge in [-0.3, -0.25) is 0 Å². The van der Waals surface area contributed by atoms with Crippen LogP contribution in [0.2, 0.25) is 0 Å². The summed E-state index contributed by atoms with van der Waals surface area (Å²) in [5, 5.41) is 3.08. The molecule has 1 heterocycles. The van der Waals surface area contributed by atoms with Crippen LogP contribution in [0.4, 0.5) is 0 Å². The van der Waals surface area contributed by atoms with Crippen LogP contribution in [0.5, 0.6) is 0 Å². The monoisotopic (exact) mass is 158 g/mol. The third kappa shape index (κ3) is 2.06. The van der Waals surface area contributed by atoms with Gasteiger partial charge in [0.15, 0.2) is 0 Å². The highest BCUT2D eigenvalue weighted by molar-refractivity contribution is 7.09. The Labute approximate surface area is 64.0 Å². The fourth-order valence-corrected chi connectivity index (χ4v) is 1.32. The van der Waals surface area contributed by atoms with Crippen LogP contribution >= 0.6 is 11.3 Å². The van der Waals surface area contributed by atoms with Gasteiger partial charge in [-0.15, -0.1) is 11.3 Å². The minimum Gasteiger partial charge on any atom is -0.305 e. The van der Waals surface area contributed by atoms with E-state index in [1.54, 1.807) is 18.4 Å². The summed E-state index contributed by atoms with van der Waals surface area (Å²) < 4.78 is 0. The lowest BCUT2D eigenvalue weighted by Crippen LogP contribution is -2.10. The third-order valence-corrected chi connectivity index (χ3v) is 2.00. The van der Waals surface area contributed by atoms with E-state index in [0.717, 1.165) is 10.7 Å². The Balaban J connectivity index is 2.42. The Bertz CT molecular complexity index is 199. The molecule has 0 fully saturated rings. The molecule has 0 amide bonds. The number of rotatable bonds is 3. The Kier molecular flexibility index (Phi) is 2.80. The lowest BCUT2D eigenvalue weighted by molar-refractivity contribution is 0.0866. The number of nitrogens with one attached hydrogen (secondary N) is 1. The molecule has 0 aliphatic rings. The first-order valence-corrected chi connectivity index (χ1v) is 3.87. The second-order valence-corrected chi connectivity index (χ2v) is 2.85. The molecule has 0 aliphatic carbocycles. The van der Waals surface area contributed by atoms with Crippen molar-refractivity contribution in [3.8, 4) is 0 Å². The van der Waals surface area contributed by atoms with E-state index in [-0.39, 0.29) is 0 Å². The molecule has 1 rings (SSSR count). The Morgan fingerprint density at radius 3 is 3.10 bits per heavy atom. The van der Waals surface area contributed by atoms with Gasteiger partial charge in [-0.2, -0.15) is 5.48 Å². The highest BCUT2D eigenvalue weighted by atomic mass is 32.1. The van der Waals surface area contributed by atoms with Gasteiger partial charge in [-0.05, 0) is 6.92 Å². The average molecular weight is 158 g/mol. The van der Waals surface area contributed by atoms with E-state index in [9.17, 15) is 0 Å². The number of hydrogen-bond donors (Lipinski definition) is 1. The average Bonchev–Trinajstić information content (AvgIpc) is 2.31. The number of hydroxylamine groups is 1. The van der Waals surface area contributed by atoms with Crippen molar-refractivity contribution >= 4 is 11.3 Å². The van der Waals surface area contributed by atoms with Gasteiger partial charge < -0.3 is 4.84 Å². The minimum absolute atomic E-state index is 0.689. The number of thiazole rings is 1. The van der Waals surface area contributed by atoms with Gasteiger partial charge in [0.1, 0.15) is 5.01 Å². The standard InChI is InChI=1S/C6H10N2OS/c1-5-4-10-6(8-5)3-7-9-2/h4,7H,3H2,1-2H3. The third-order valence-electron chi connectivity index (χ3n) is 1.03. The Hall–Kier alpha value is -0.450. The van der Waals surface area contributed by atoms with Crippen LogP contribution in [-0.4, -0.2) is 12.1 Å². The summed E-state index contributed by atoms with van der Waals surface area (Å²) in [6.45, 7) is 2.67. The molecule has 3 nitrogen and oxygen atoms in total. The largest absolute Gasteiger partial charge is 0.305 e. The summed E-state index contributed by atoms with van der Waals surface area (Å²) >= 11 is 1.64. The lowest BCUT2D eigenvalue weighted by Gasteiger charge is -1.94. The van der Waals surface area contributed by atoms with Gasteiger partial charge in [0.25, 0.3) is 0 Å². The minimum atomic E-state index is 0.689. The molecule has 0 aliphatic heterocycles. The zero-order valence-corrected chi connectivity index (χ0v) is 6.86. The first kappa shape index (κ1) is 7.65. The molecule has 0 saturated carbocycles. The van der Waals surface area contributed by atoms with Crippen LogP contribution in [0.25, 0.3) is 0 Å². The highest BCUT2D eigenvalue weighted by Crippen LogP contribution is 2.07. The van der Waals surface area contributed by atoms with E-state index in [0.29, 0.717) is 6.54 Å². The Morgan fingerprint density at radius 2 is 2.60 bits per heavy atom. The van der Waals surface area contributed by atoms with Gasteiger partial charge in [0.2, 0.25) is 0 Å². The SMILES string of the molecule is CONCc1nc(C)cs1. The zero-order valence-electron chi connectivity index (χ0n) is 6.05. The topological polar surface area (TPSA) is 34.1 Å². The fraction of sp³-hybridized carbons (Fsp3) is 0.500. The van der Waals surface area contributed by atoms with Crippen molar-refractivity contribution in [3.63, 3.8) is 0 Å². The summed E-state index contributed by atoms with van der Waals surface area (Å²) in [5.41, 5.74) is 3.79. The number of nitrogens with zero attached hydrogens (tertiary/aromatic N) is 1. The van der Waals surface area contributed by atoms with Gasteiger partial charge in [0, 0.05) is 11.1 Å². The summed E-state index contributed by atoms with van der Waals surface area (Å²) in [4.78, 5) is 8.90. The van der Waals surface area contributed by atoms with Crippen LogP contribution in [-0.2, 0) is 11.4 Å². The van der Waals surface area contributed by atoms with Crippen molar-refractivity contribution in [2.45, 2.75) is 13.5 Å². The lowest BCUT2D eigenvalue weighted by atomic mass is 10.6. The summed E-state index contributed by atoms with van der Waals surface area (Å²) in [6, 6.07) is 0. The van der Waals surface area contributed by atoms with E-state index in [1.165, 1.54) is 0 Å². The van der Waals surface area contributed by atoms with E-state index in [2.05, 4.69) is 15.3 Å². The van der Waals surface area contributed by atoms with Crippen molar-refractivity contribution in [1.29, 1.82) is 0 Å². The van der Waals surface area contributed by atoms with Crippen LogP contribution < -0.4 is 5.48 Å². The maximum Gasteiger partial charge on any atom is 0.109 e. The molecular weight excluding hydrogens is 148 g/mol. The van der Waals surface area contributed by atoms with Gasteiger partial charge in [-0.25, -0.2) is 4.98 Å². The van der Waals surface area contributed by atoms with E-state index >= 15 is 0 Å². The zero-order chi connectivity index (χ0) is 7.40. The molecule has 1 aromatic rings. The van der Waals surface area contributed by atoms with Crippen LogP contribution in [0.1, 0.15) is 10.7 Å². The summed E-state index contributed by atoms with van der Waals surface area (Å²) in [5.74, 6) is 0. The van der Waals surface area contributed by atoms with Crippen LogP contribution in [0.3, 0.4) is 0 Å². The van der Waals surface area contributed by atoms with Crippen molar-refractivity contribution in [2.75, 3.05) is 7.11 Å². The molecule has 1 aromatic heterocycles. The molecule has 0 bridgehead atoms. The normalized spacial score (nSPS) is 10.2. The van der Waals surface area contributed by atoms with Crippen molar-refractivity contribution in [1.82, 2.24) is 10.5 Å². The molecule has 0 atom stereocenters. The molecule has 4 heteroatoms. The van der Waals surface area contributed by atoms with E-state index in [4.69, 9.17) is 0 Å². The molecule has 0 spiro atoms. The number of aryl methyl sites for hydroxylation is 1. The quantitative estimate of drug-likeness (QED) is 0.669. The predicted octanol–water partition coefficient (Wildman–Crippen LogP) is 1.10. The molecule has 56 valence electrons. The molecule has 0 unspecified atom stereocenters. The first-order chi connectivity index (χ1) is 4.83. The Morgan fingerprint density at radius 1 is 1.80 bits per heavy atom. The maximum absolute atomic E-state index is 4.67. The number of hydrogen-bond acceptors (Lipinski definition) is 4.